The van der Waals surface area contributed by atoms with Crippen LogP contribution >= 0.6 is 11.8 Å². The monoisotopic (exact) mass is 282 g/mol. The quantitative estimate of drug-likeness (QED) is 0.710. The summed E-state index contributed by atoms with van der Waals surface area (Å²) in [5, 5.41) is 2.78. The molecule has 0 saturated carbocycles. The van der Waals surface area contributed by atoms with Gasteiger partial charge in [0.25, 0.3) is 0 Å². The number of para-hydroxylation sites is 1. The first-order valence-corrected chi connectivity index (χ1v) is 7.75. The van der Waals surface area contributed by atoms with Gasteiger partial charge in [0, 0.05) is 0 Å². The summed E-state index contributed by atoms with van der Waals surface area (Å²) in [6, 6.07) is 7.38. The molecule has 1 aromatic rings. The van der Waals surface area contributed by atoms with Gasteiger partial charge >= 0.3 is 0 Å². The largest absolute Gasteiger partial charge is 0.491 e. The molecule has 0 aliphatic heterocycles. The van der Waals surface area contributed by atoms with Gasteiger partial charge in [-0.05, 0) is 37.0 Å². The highest BCUT2D eigenvalue weighted by Crippen LogP contribution is 2.15. The van der Waals surface area contributed by atoms with E-state index in [1.54, 1.807) is 11.8 Å². The highest BCUT2D eigenvalue weighted by Gasteiger charge is 2.11. The molecule has 0 aliphatic rings. The summed E-state index contributed by atoms with van der Waals surface area (Å²) in [7, 11) is 0. The SMILES string of the molecule is CSCC[C@H](N)C(=O)NCCOc1ccccc1C. The first kappa shape index (κ1) is 15.9. The number of ether oxygens (including phenoxy) is 1. The van der Waals surface area contributed by atoms with Crippen LogP contribution in [-0.4, -0.2) is 37.1 Å². The van der Waals surface area contributed by atoms with Gasteiger partial charge < -0.3 is 15.8 Å². The maximum atomic E-state index is 11.6. The molecule has 5 heteroatoms. The van der Waals surface area contributed by atoms with Crippen molar-refractivity contribution in [2.45, 2.75) is 19.4 Å². The minimum atomic E-state index is -0.425. The number of amides is 1. The molecule has 0 fully saturated rings. The van der Waals surface area contributed by atoms with Crippen molar-refractivity contribution in [3.05, 3.63) is 29.8 Å². The van der Waals surface area contributed by atoms with Crippen molar-refractivity contribution in [3.8, 4) is 5.75 Å². The summed E-state index contributed by atoms with van der Waals surface area (Å²) < 4.78 is 5.59. The van der Waals surface area contributed by atoms with E-state index in [-0.39, 0.29) is 5.91 Å². The topological polar surface area (TPSA) is 64.4 Å². The van der Waals surface area contributed by atoms with E-state index in [1.807, 2.05) is 37.4 Å². The van der Waals surface area contributed by atoms with Crippen LogP contribution in [0.2, 0.25) is 0 Å². The first-order chi connectivity index (χ1) is 9.15. The zero-order valence-corrected chi connectivity index (χ0v) is 12.3. The summed E-state index contributed by atoms with van der Waals surface area (Å²) in [5.41, 5.74) is 6.84. The van der Waals surface area contributed by atoms with Gasteiger partial charge in [0.05, 0.1) is 12.6 Å². The molecule has 1 rings (SSSR count). The molecule has 0 aromatic heterocycles. The van der Waals surface area contributed by atoms with Crippen molar-refractivity contribution in [1.29, 1.82) is 0 Å². The fourth-order valence-electron chi connectivity index (χ4n) is 1.56. The molecule has 1 aromatic carbocycles. The predicted octanol–water partition coefficient (Wildman–Crippen LogP) is 1.57. The zero-order chi connectivity index (χ0) is 14.1. The number of carbonyl (C=O) groups excluding carboxylic acids is 1. The van der Waals surface area contributed by atoms with E-state index in [0.717, 1.165) is 17.1 Å². The Morgan fingerprint density at radius 2 is 2.21 bits per heavy atom. The van der Waals surface area contributed by atoms with E-state index in [0.29, 0.717) is 19.6 Å². The molecule has 0 saturated heterocycles. The number of benzene rings is 1. The fourth-order valence-corrected chi connectivity index (χ4v) is 2.05. The van der Waals surface area contributed by atoms with E-state index in [1.165, 1.54) is 0 Å². The second-order valence-corrected chi connectivity index (χ2v) is 5.28. The van der Waals surface area contributed by atoms with Gasteiger partial charge in [0.1, 0.15) is 12.4 Å². The molecule has 0 radical (unpaired) electrons. The predicted molar refractivity (Wildman–Crippen MR) is 80.7 cm³/mol. The van der Waals surface area contributed by atoms with Crippen molar-refractivity contribution in [2.24, 2.45) is 5.73 Å². The molecule has 0 spiro atoms. The van der Waals surface area contributed by atoms with E-state index in [9.17, 15) is 4.79 Å². The Hall–Kier alpha value is -1.20. The lowest BCUT2D eigenvalue weighted by atomic mass is 10.2. The summed E-state index contributed by atoms with van der Waals surface area (Å²) in [5.74, 6) is 1.64. The van der Waals surface area contributed by atoms with Gasteiger partial charge in [-0.25, -0.2) is 0 Å². The Kier molecular flexibility index (Phi) is 7.36. The highest BCUT2D eigenvalue weighted by molar-refractivity contribution is 7.98. The number of hydrogen-bond acceptors (Lipinski definition) is 4. The van der Waals surface area contributed by atoms with Crippen molar-refractivity contribution >= 4 is 17.7 Å². The summed E-state index contributed by atoms with van der Waals surface area (Å²) in [4.78, 5) is 11.6. The third-order valence-corrected chi connectivity index (χ3v) is 3.37. The van der Waals surface area contributed by atoms with E-state index in [4.69, 9.17) is 10.5 Å². The van der Waals surface area contributed by atoms with E-state index in [2.05, 4.69) is 5.32 Å². The molecular weight excluding hydrogens is 260 g/mol. The van der Waals surface area contributed by atoms with Gasteiger partial charge in [-0.1, -0.05) is 18.2 Å². The lowest BCUT2D eigenvalue weighted by molar-refractivity contribution is -0.122. The molecule has 1 amide bonds. The minimum Gasteiger partial charge on any atom is -0.491 e. The lowest BCUT2D eigenvalue weighted by Gasteiger charge is -2.12. The standard InChI is InChI=1S/C14H22N2O2S/c1-11-5-3-4-6-13(11)18-9-8-16-14(17)12(15)7-10-19-2/h3-6,12H,7-10,15H2,1-2H3,(H,16,17)/t12-/m0/s1. The molecule has 0 bridgehead atoms. The number of nitrogens with two attached hydrogens (primary N) is 1. The van der Waals surface area contributed by atoms with Gasteiger partial charge in [0.15, 0.2) is 0 Å². The second kappa shape index (κ2) is 8.82. The number of carbonyl (C=O) groups is 1. The van der Waals surface area contributed by atoms with Gasteiger partial charge in [-0.2, -0.15) is 11.8 Å². The molecule has 1 atom stereocenters. The van der Waals surface area contributed by atoms with Gasteiger partial charge in [-0.3, -0.25) is 4.79 Å². The van der Waals surface area contributed by atoms with Crippen LogP contribution < -0.4 is 15.8 Å². The Labute approximate surface area is 119 Å². The molecule has 106 valence electrons. The second-order valence-electron chi connectivity index (χ2n) is 4.29. The van der Waals surface area contributed by atoms with Crippen molar-refractivity contribution in [1.82, 2.24) is 5.32 Å². The molecule has 0 heterocycles. The minimum absolute atomic E-state index is 0.109. The van der Waals surface area contributed by atoms with E-state index >= 15 is 0 Å². The Balaban J connectivity index is 2.20. The fraction of sp³-hybridized carbons (Fsp3) is 0.500. The number of aryl methyl sites for hydroxylation is 1. The average Bonchev–Trinajstić information content (AvgIpc) is 2.42. The van der Waals surface area contributed by atoms with Crippen LogP contribution in [0.3, 0.4) is 0 Å². The van der Waals surface area contributed by atoms with Crippen molar-refractivity contribution in [2.75, 3.05) is 25.2 Å². The summed E-state index contributed by atoms with van der Waals surface area (Å²) in [6.07, 6.45) is 2.70. The summed E-state index contributed by atoms with van der Waals surface area (Å²) >= 11 is 1.69. The molecule has 0 unspecified atom stereocenters. The van der Waals surface area contributed by atoms with Crippen LogP contribution in [0.1, 0.15) is 12.0 Å². The number of rotatable bonds is 8. The summed E-state index contributed by atoms with van der Waals surface area (Å²) in [6.45, 7) is 2.91. The zero-order valence-electron chi connectivity index (χ0n) is 11.5. The van der Waals surface area contributed by atoms with Crippen LogP contribution in [-0.2, 0) is 4.79 Å². The average molecular weight is 282 g/mol. The maximum absolute atomic E-state index is 11.6. The highest BCUT2D eigenvalue weighted by atomic mass is 32.2. The number of hydrogen-bond donors (Lipinski definition) is 2. The molecule has 4 nitrogen and oxygen atoms in total. The van der Waals surface area contributed by atoms with Crippen LogP contribution in [0.5, 0.6) is 5.75 Å². The van der Waals surface area contributed by atoms with Crippen molar-refractivity contribution in [3.63, 3.8) is 0 Å². The van der Waals surface area contributed by atoms with Gasteiger partial charge in [0.2, 0.25) is 5.91 Å². The third kappa shape index (κ3) is 5.98. The molecule has 3 N–H and O–H groups in total. The first-order valence-electron chi connectivity index (χ1n) is 6.36. The Morgan fingerprint density at radius 3 is 2.89 bits per heavy atom. The normalized spacial score (nSPS) is 11.9. The van der Waals surface area contributed by atoms with E-state index < -0.39 is 6.04 Å². The lowest BCUT2D eigenvalue weighted by Crippen LogP contribution is -2.42. The number of nitrogens with one attached hydrogen (secondary N) is 1. The third-order valence-electron chi connectivity index (χ3n) is 2.72. The molecule has 19 heavy (non-hydrogen) atoms. The molecular formula is C14H22N2O2S. The molecule has 0 aliphatic carbocycles. The van der Waals surface area contributed by atoms with Crippen molar-refractivity contribution < 1.29 is 9.53 Å². The van der Waals surface area contributed by atoms with Crippen LogP contribution in [0.4, 0.5) is 0 Å². The maximum Gasteiger partial charge on any atom is 0.237 e. The Morgan fingerprint density at radius 1 is 1.47 bits per heavy atom. The van der Waals surface area contributed by atoms with Crippen LogP contribution in [0.15, 0.2) is 24.3 Å². The van der Waals surface area contributed by atoms with Gasteiger partial charge in [-0.15, -0.1) is 0 Å². The smallest absolute Gasteiger partial charge is 0.237 e. The Bertz CT molecular complexity index is 399. The van der Waals surface area contributed by atoms with Crippen LogP contribution in [0.25, 0.3) is 0 Å². The number of thioether (sulfide) groups is 1. The van der Waals surface area contributed by atoms with Crippen LogP contribution in [0, 0.1) is 6.92 Å².